The zero-order chi connectivity index (χ0) is 24.7. The van der Waals surface area contributed by atoms with Crippen LogP contribution in [0.3, 0.4) is 0 Å². The van der Waals surface area contributed by atoms with Gasteiger partial charge in [-0.15, -0.1) is 0 Å². The minimum atomic E-state index is -3.76. The molecule has 1 aromatic carbocycles. The molecule has 0 saturated carbocycles. The molecule has 0 spiro atoms. The number of amides is 2. The van der Waals surface area contributed by atoms with Crippen LogP contribution in [0.25, 0.3) is 0 Å². The third-order valence-electron chi connectivity index (χ3n) is 5.62. The summed E-state index contributed by atoms with van der Waals surface area (Å²) in [6.07, 6.45) is 1.35. The molecule has 34 heavy (non-hydrogen) atoms. The minimum Gasteiger partial charge on any atom is -0.497 e. The summed E-state index contributed by atoms with van der Waals surface area (Å²) >= 11 is 0. The van der Waals surface area contributed by atoms with Gasteiger partial charge in [0.2, 0.25) is 10.0 Å². The van der Waals surface area contributed by atoms with Gasteiger partial charge in [-0.25, -0.2) is 17.9 Å². The molecule has 0 atom stereocenters. The first kappa shape index (κ1) is 25.7. The summed E-state index contributed by atoms with van der Waals surface area (Å²) in [5.74, 6) is 0.717. The van der Waals surface area contributed by atoms with Gasteiger partial charge < -0.3 is 25.0 Å². The van der Waals surface area contributed by atoms with Crippen LogP contribution in [-0.2, 0) is 10.0 Å². The van der Waals surface area contributed by atoms with Gasteiger partial charge in [-0.3, -0.25) is 4.98 Å². The Hall–Kier alpha value is -2.89. The molecule has 11 heteroatoms. The highest BCUT2D eigenvalue weighted by atomic mass is 32.2. The van der Waals surface area contributed by atoms with Gasteiger partial charge in [0.05, 0.1) is 14.2 Å². The predicted molar refractivity (Wildman–Crippen MR) is 130 cm³/mol. The van der Waals surface area contributed by atoms with Crippen LogP contribution in [0, 0.1) is 13.8 Å². The van der Waals surface area contributed by atoms with Gasteiger partial charge in [0.25, 0.3) is 0 Å². The molecule has 1 saturated heterocycles. The minimum absolute atomic E-state index is 0.0616. The molecular weight excluding hydrogens is 458 g/mol. The van der Waals surface area contributed by atoms with Gasteiger partial charge in [0, 0.05) is 42.3 Å². The van der Waals surface area contributed by atoms with Crippen LogP contribution in [0.4, 0.5) is 10.5 Å². The fourth-order valence-corrected chi connectivity index (χ4v) is 5.45. The third kappa shape index (κ3) is 7.05. The molecule has 10 nitrogen and oxygen atoms in total. The summed E-state index contributed by atoms with van der Waals surface area (Å²) in [6, 6.07) is 7.90. The zero-order valence-corrected chi connectivity index (χ0v) is 20.9. The summed E-state index contributed by atoms with van der Waals surface area (Å²) in [6.45, 7) is 6.40. The molecule has 0 aliphatic carbocycles. The van der Waals surface area contributed by atoms with E-state index in [1.165, 1.54) is 20.3 Å². The van der Waals surface area contributed by atoms with Crippen molar-refractivity contribution in [2.45, 2.75) is 37.6 Å². The Bertz CT molecular complexity index is 1080. The number of carbonyl (C=O) groups is 1. The molecule has 0 bridgehead atoms. The highest BCUT2D eigenvalue weighted by Crippen LogP contribution is 2.28. The van der Waals surface area contributed by atoms with Crippen LogP contribution >= 0.6 is 0 Å². The number of urea groups is 1. The number of aryl methyl sites for hydroxylation is 2. The number of aromatic nitrogens is 1. The lowest BCUT2D eigenvalue weighted by atomic mass is 10.1. The summed E-state index contributed by atoms with van der Waals surface area (Å²) < 4.78 is 39.1. The molecular formula is C23H33N5O5S. The second kappa shape index (κ2) is 11.5. The molecule has 0 radical (unpaired) electrons. The maximum atomic E-state index is 13.0. The molecule has 2 heterocycles. The van der Waals surface area contributed by atoms with Crippen molar-refractivity contribution in [3.8, 4) is 11.5 Å². The highest BCUT2D eigenvalue weighted by Gasteiger charge is 2.27. The number of sulfonamides is 1. The van der Waals surface area contributed by atoms with Crippen molar-refractivity contribution in [2.75, 3.05) is 45.7 Å². The van der Waals surface area contributed by atoms with Crippen molar-refractivity contribution >= 4 is 21.7 Å². The molecule has 1 aromatic heterocycles. The number of ether oxygens (including phenoxy) is 2. The summed E-state index contributed by atoms with van der Waals surface area (Å²) in [5, 5.41) is 5.69. The number of piperidine rings is 1. The number of rotatable bonds is 9. The number of hydrogen-bond acceptors (Lipinski definition) is 7. The molecule has 1 aliphatic heterocycles. The number of nitrogens with one attached hydrogen (secondary N) is 3. The maximum absolute atomic E-state index is 13.0. The Morgan fingerprint density at radius 1 is 1.09 bits per heavy atom. The van der Waals surface area contributed by atoms with Crippen LogP contribution in [-0.4, -0.2) is 70.8 Å². The van der Waals surface area contributed by atoms with Crippen molar-refractivity contribution < 1.29 is 22.7 Å². The van der Waals surface area contributed by atoms with Crippen LogP contribution in [0.5, 0.6) is 11.5 Å². The quantitative estimate of drug-likeness (QED) is 0.492. The summed E-state index contributed by atoms with van der Waals surface area (Å²) in [4.78, 5) is 18.7. The van der Waals surface area contributed by atoms with Gasteiger partial charge >= 0.3 is 6.03 Å². The van der Waals surface area contributed by atoms with E-state index >= 15 is 0 Å². The number of hydrogen-bond donors (Lipinski definition) is 3. The molecule has 1 fully saturated rings. The fraction of sp³-hybridized carbons (Fsp3) is 0.478. The first-order chi connectivity index (χ1) is 16.2. The van der Waals surface area contributed by atoms with E-state index in [0.717, 1.165) is 24.5 Å². The van der Waals surface area contributed by atoms with E-state index in [2.05, 4.69) is 25.2 Å². The van der Waals surface area contributed by atoms with E-state index in [9.17, 15) is 13.2 Å². The van der Waals surface area contributed by atoms with E-state index in [4.69, 9.17) is 9.47 Å². The van der Waals surface area contributed by atoms with E-state index in [1.54, 1.807) is 12.1 Å². The Morgan fingerprint density at radius 3 is 2.38 bits per heavy atom. The molecule has 3 N–H and O–H groups in total. The normalized spacial score (nSPS) is 15.1. The molecule has 1 aliphatic rings. The molecule has 3 rings (SSSR count). The monoisotopic (exact) mass is 491 g/mol. The second-order valence-corrected chi connectivity index (χ2v) is 9.96. The van der Waals surface area contributed by atoms with Crippen molar-refractivity contribution in [1.29, 1.82) is 0 Å². The Balaban J connectivity index is 1.44. The van der Waals surface area contributed by atoms with Crippen molar-refractivity contribution in [3.63, 3.8) is 0 Å². The Kier molecular flexibility index (Phi) is 8.70. The van der Waals surface area contributed by atoms with Crippen LogP contribution in [0.2, 0.25) is 0 Å². The first-order valence-electron chi connectivity index (χ1n) is 11.2. The SMILES string of the molecule is COc1ccc(OC)c(S(=O)(=O)NC2CCN(CCNC(=O)Nc3cc(C)nc(C)c3)CC2)c1. The van der Waals surface area contributed by atoms with Crippen molar-refractivity contribution in [1.82, 2.24) is 19.9 Å². The number of methoxy groups -OCH3 is 2. The van der Waals surface area contributed by atoms with E-state index < -0.39 is 10.0 Å². The number of nitrogens with zero attached hydrogens (tertiary/aromatic N) is 2. The van der Waals surface area contributed by atoms with Crippen LogP contribution in [0.1, 0.15) is 24.2 Å². The summed E-state index contributed by atoms with van der Waals surface area (Å²) in [5.41, 5.74) is 2.40. The lowest BCUT2D eigenvalue weighted by Gasteiger charge is -2.32. The second-order valence-electron chi connectivity index (χ2n) is 8.27. The lowest BCUT2D eigenvalue weighted by molar-refractivity contribution is 0.206. The van der Waals surface area contributed by atoms with Gasteiger partial charge in [-0.2, -0.15) is 0 Å². The predicted octanol–water partition coefficient (Wildman–Crippen LogP) is 2.28. The lowest BCUT2D eigenvalue weighted by Crippen LogP contribution is -2.46. The third-order valence-corrected chi connectivity index (χ3v) is 7.16. The number of pyridine rings is 1. The number of benzene rings is 1. The largest absolute Gasteiger partial charge is 0.497 e. The standard InChI is InChI=1S/C23H33N5O5S/c1-16-13-19(14-17(2)25-16)26-23(29)24-9-12-28-10-7-18(8-11-28)27-34(30,31)22-15-20(32-3)5-6-21(22)33-4/h5-6,13-15,18,27H,7-12H2,1-4H3,(H2,24,25,26,29). The number of carbonyl (C=O) groups excluding carboxylic acids is 1. The molecule has 2 amide bonds. The average Bonchev–Trinajstić information content (AvgIpc) is 2.79. The topological polar surface area (TPSA) is 122 Å². The molecule has 2 aromatic rings. The fourth-order valence-electron chi connectivity index (χ4n) is 3.96. The van der Waals surface area contributed by atoms with E-state index in [0.29, 0.717) is 37.4 Å². The smallest absolute Gasteiger partial charge is 0.319 e. The van der Waals surface area contributed by atoms with E-state index in [1.807, 2.05) is 26.0 Å². The van der Waals surface area contributed by atoms with Crippen molar-refractivity contribution in [3.05, 3.63) is 41.7 Å². The van der Waals surface area contributed by atoms with Gasteiger partial charge in [0.1, 0.15) is 16.4 Å². The zero-order valence-electron chi connectivity index (χ0n) is 20.1. The highest BCUT2D eigenvalue weighted by molar-refractivity contribution is 7.89. The van der Waals surface area contributed by atoms with E-state index in [-0.39, 0.29) is 22.7 Å². The van der Waals surface area contributed by atoms with Crippen LogP contribution < -0.4 is 24.8 Å². The Labute approximate surface area is 201 Å². The molecule has 186 valence electrons. The van der Waals surface area contributed by atoms with Gasteiger partial charge in [-0.1, -0.05) is 0 Å². The van der Waals surface area contributed by atoms with Gasteiger partial charge in [0.15, 0.2) is 0 Å². The van der Waals surface area contributed by atoms with Crippen LogP contribution in [0.15, 0.2) is 35.2 Å². The number of likely N-dealkylation sites (tertiary alicyclic amines) is 1. The first-order valence-corrected chi connectivity index (χ1v) is 12.7. The number of anilines is 1. The Morgan fingerprint density at radius 2 is 1.76 bits per heavy atom. The average molecular weight is 492 g/mol. The summed E-state index contributed by atoms with van der Waals surface area (Å²) in [7, 11) is -0.836. The maximum Gasteiger partial charge on any atom is 0.319 e. The van der Waals surface area contributed by atoms with Crippen molar-refractivity contribution in [2.24, 2.45) is 0 Å². The molecule has 0 unspecified atom stereocenters. The van der Waals surface area contributed by atoms with Gasteiger partial charge in [-0.05, 0) is 64.0 Å².